The van der Waals surface area contributed by atoms with E-state index in [0.717, 1.165) is 17.9 Å². The lowest BCUT2D eigenvalue weighted by atomic mass is 9.98. The second-order valence-electron chi connectivity index (χ2n) is 6.14. The van der Waals surface area contributed by atoms with Gasteiger partial charge in [-0.05, 0) is 44.7 Å². The average Bonchev–Trinajstić information content (AvgIpc) is 3.11. The van der Waals surface area contributed by atoms with Crippen molar-refractivity contribution >= 4 is 5.91 Å². The van der Waals surface area contributed by atoms with Crippen LogP contribution in [0.5, 0.6) is 11.5 Å². The first-order chi connectivity index (χ1) is 12.1. The molecule has 25 heavy (non-hydrogen) atoms. The van der Waals surface area contributed by atoms with Crippen molar-refractivity contribution in [1.82, 2.24) is 10.2 Å². The Morgan fingerprint density at radius 1 is 1.32 bits per heavy atom. The summed E-state index contributed by atoms with van der Waals surface area (Å²) in [6, 6.07) is 7.38. The first kappa shape index (κ1) is 19.5. The number of ether oxygens (including phenoxy) is 3. The number of rotatable bonds is 10. The number of carbonyl (C=O) groups is 1. The molecule has 2 N–H and O–H groups in total. The van der Waals surface area contributed by atoms with Crippen LogP contribution in [0.3, 0.4) is 0 Å². The number of nitrogens with zero attached hydrogens (tertiary/aromatic N) is 1. The van der Waals surface area contributed by atoms with E-state index in [1.165, 1.54) is 0 Å². The molecule has 2 rings (SSSR count). The second-order valence-corrected chi connectivity index (χ2v) is 6.14. The lowest BCUT2D eigenvalue weighted by molar-refractivity contribution is -0.124. The number of benzene rings is 1. The minimum atomic E-state index is -0.448. The van der Waals surface area contributed by atoms with E-state index in [4.69, 9.17) is 14.2 Å². The first-order valence-corrected chi connectivity index (χ1v) is 8.62. The van der Waals surface area contributed by atoms with Crippen LogP contribution in [0.15, 0.2) is 24.3 Å². The van der Waals surface area contributed by atoms with E-state index in [9.17, 15) is 9.90 Å². The molecule has 1 saturated heterocycles. The molecule has 7 nitrogen and oxygen atoms in total. The van der Waals surface area contributed by atoms with Crippen molar-refractivity contribution in [3.8, 4) is 11.5 Å². The standard InChI is InChI=1S/C18H28N2O5/c1-3-24-15-4-6-16(7-5-15)25-11-9-19-17(22)12-20(2)18(13-21)8-10-23-14-18/h4-7,21H,3,8-14H2,1-2H3,(H,19,22). The molecule has 1 aromatic carbocycles. The summed E-state index contributed by atoms with van der Waals surface area (Å²) >= 11 is 0. The van der Waals surface area contributed by atoms with Crippen LogP contribution in [-0.4, -0.2) is 74.6 Å². The summed E-state index contributed by atoms with van der Waals surface area (Å²) in [5, 5.41) is 12.4. The van der Waals surface area contributed by atoms with Crippen molar-refractivity contribution < 1.29 is 24.1 Å². The van der Waals surface area contributed by atoms with Crippen LogP contribution in [0.2, 0.25) is 0 Å². The molecule has 1 aromatic rings. The molecule has 0 aromatic heterocycles. The Labute approximate surface area is 148 Å². The maximum Gasteiger partial charge on any atom is 0.234 e. The van der Waals surface area contributed by atoms with Gasteiger partial charge in [-0.25, -0.2) is 0 Å². The van der Waals surface area contributed by atoms with E-state index in [2.05, 4.69) is 5.32 Å². The van der Waals surface area contributed by atoms with Crippen molar-refractivity contribution in [3.63, 3.8) is 0 Å². The van der Waals surface area contributed by atoms with E-state index < -0.39 is 5.54 Å². The zero-order valence-corrected chi connectivity index (χ0v) is 15.0. The van der Waals surface area contributed by atoms with Crippen LogP contribution in [-0.2, 0) is 9.53 Å². The Balaban J connectivity index is 1.66. The van der Waals surface area contributed by atoms with Gasteiger partial charge in [0.15, 0.2) is 0 Å². The summed E-state index contributed by atoms with van der Waals surface area (Å²) in [7, 11) is 1.83. The van der Waals surface area contributed by atoms with Crippen LogP contribution in [0.25, 0.3) is 0 Å². The molecule has 1 aliphatic rings. The van der Waals surface area contributed by atoms with Crippen LogP contribution >= 0.6 is 0 Å². The molecule has 140 valence electrons. The summed E-state index contributed by atoms with van der Waals surface area (Å²) in [5.74, 6) is 1.44. The topological polar surface area (TPSA) is 80.3 Å². The molecule has 0 saturated carbocycles. The van der Waals surface area contributed by atoms with Crippen LogP contribution < -0.4 is 14.8 Å². The minimum Gasteiger partial charge on any atom is -0.494 e. The number of carbonyl (C=O) groups excluding carboxylic acids is 1. The zero-order chi connectivity index (χ0) is 18.1. The first-order valence-electron chi connectivity index (χ1n) is 8.62. The molecule has 1 fully saturated rings. The van der Waals surface area contributed by atoms with E-state index in [-0.39, 0.29) is 19.1 Å². The molecule has 1 amide bonds. The van der Waals surface area contributed by atoms with Gasteiger partial charge in [0.25, 0.3) is 0 Å². The fraction of sp³-hybridized carbons (Fsp3) is 0.611. The molecular weight excluding hydrogens is 324 g/mol. The Morgan fingerprint density at radius 3 is 2.56 bits per heavy atom. The molecule has 7 heteroatoms. The van der Waals surface area contributed by atoms with Gasteiger partial charge in [0, 0.05) is 6.61 Å². The number of hydrogen-bond donors (Lipinski definition) is 2. The van der Waals surface area contributed by atoms with Crippen molar-refractivity contribution in [2.75, 3.05) is 53.2 Å². The number of aliphatic hydroxyl groups excluding tert-OH is 1. The summed E-state index contributed by atoms with van der Waals surface area (Å²) < 4.78 is 16.3. The third kappa shape index (κ3) is 5.59. The highest BCUT2D eigenvalue weighted by Crippen LogP contribution is 2.24. The Kier molecular flexibility index (Phi) is 7.49. The number of likely N-dealkylation sites (N-methyl/N-ethyl adjacent to an activating group) is 1. The van der Waals surface area contributed by atoms with Gasteiger partial charge in [0.1, 0.15) is 18.1 Å². The minimum absolute atomic E-state index is 0.0162. The monoisotopic (exact) mass is 352 g/mol. The van der Waals surface area contributed by atoms with Gasteiger partial charge in [0.05, 0.1) is 38.4 Å². The fourth-order valence-electron chi connectivity index (χ4n) is 2.74. The third-order valence-electron chi connectivity index (χ3n) is 4.40. The number of amides is 1. The van der Waals surface area contributed by atoms with Gasteiger partial charge in [-0.1, -0.05) is 0 Å². The Hall–Kier alpha value is -1.83. The van der Waals surface area contributed by atoms with Gasteiger partial charge in [-0.3, -0.25) is 9.69 Å². The van der Waals surface area contributed by atoms with Crippen molar-refractivity contribution in [3.05, 3.63) is 24.3 Å². The van der Waals surface area contributed by atoms with Crippen LogP contribution in [0.1, 0.15) is 13.3 Å². The molecule has 1 aliphatic heterocycles. The van der Waals surface area contributed by atoms with Gasteiger partial charge in [0.2, 0.25) is 5.91 Å². The lowest BCUT2D eigenvalue weighted by Gasteiger charge is -2.35. The largest absolute Gasteiger partial charge is 0.494 e. The Bertz CT molecular complexity index is 529. The van der Waals surface area contributed by atoms with E-state index in [0.29, 0.717) is 33.0 Å². The molecule has 1 heterocycles. The van der Waals surface area contributed by atoms with Gasteiger partial charge in [-0.2, -0.15) is 0 Å². The van der Waals surface area contributed by atoms with E-state index in [1.54, 1.807) is 0 Å². The fourth-order valence-corrected chi connectivity index (χ4v) is 2.74. The smallest absolute Gasteiger partial charge is 0.234 e. The highest BCUT2D eigenvalue weighted by Gasteiger charge is 2.38. The quantitative estimate of drug-likeness (QED) is 0.603. The maximum absolute atomic E-state index is 12.0. The molecule has 0 bridgehead atoms. The summed E-state index contributed by atoms with van der Waals surface area (Å²) in [4.78, 5) is 13.9. The zero-order valence-electron chi connectivity index (χ0n) is 15.0. The highest BCUT2D eigenvalue weighted by molar-refractivity contribution is 5.78. The van der Waals surface area contributed by atoms with Crippen molar-refractivity contribution in [2.24, 2.45) is 0 Å². The molecule has 1 unspecified atom stereocenters. The SMILES string of the molecule is CCOc1ccc(OCCNC(=O)CN(C)C2(CO)CCOC2)cc1. The number of hydrogen-bond acceptors (Lipinski definition) is 6. The second kappa shape index (κ2) is 9.60. The van der Waals surface area contributed by atoms with Gasteiger partial charge in [-0.15, -0.1) is 0 Å². The van der Waals surface area contributed by atoms with E-state index >= 15 is 0 Å². The molecule has 0 radical (unpaired) electrons. The maximum atomic E-state index is 12.0. The predicted octanol–water partition coefficient (Wildman–Crippen LogP) is 0.664. The van der Waals surface area contributed by atoms with Crippen LogP contribution in [0.4, 0.5) is 0 Å². The highest BCUT2D eigenvalue weighted by atomic mass is 16.5. The Morgan fingerprint density at radius 2 is 2.00 bits per heavy atom. The van der Waals surface area contributed by atoms with Gasteiger partial charge < -0.3 is 24.6 Å². The number of nitrogens with one attached hydrogen (secondary N) is 1. The predicted molar refractivity (Wildman–Crippen MR) is 94.0 cm³/mol. The normalized spacial score (nSPS) is 19.8. The summed E-state index contributed by atoms with van der Waals surface area (Å²) in [5.41, 5.74) is -0.448. The van der Waals surface area contributed by atoms with E-state index in [1.807, 2.05) is 43.1 Å². The third-order valence-corrected chi connectivity index (χ3v) is 4.40. The molecule has 1 atom stereocenters. The van der Waals surface area contributed by atoms with Crippen molar-refractivity contribution in [2.45, 2.75) is 18.9 Å². The van der Waals surface area contributed by atoms with Crippen LogP contribution in [0, 0.1) is 0 Å². The summed E-state index contributed by atoms with van der Waals surface area (Å²) in [6.07, 6.45) is 0.730. The average molecular weight is 352 g/mol. The van der Waals surface area contributed by atoms with Crippen molar-refractivity contribution in [1.29, 1.82) is 0 Å². The summed E-state index contributed by atoms with van der Waals surface area (Å²) in [6.45, 7) is 4.64. The molecule has 0 spiro atoms. The molecule has 0 aliphatic carbocycles. The molecular formula is C18H28N2O5. The van der Waals surface area contributed by atoms with Gasteiger partial charge >= 0.3 is 0 Å². The number of aliphatic hydroxyl groups is 1. The lowest BCUT2D eigenvalue weighted by Crippen LogP contribution is -2.53.